The van der Waals surface area contributed by atoms with Gasteiger partial charge < -0.3 is 68.9 Å². The monoisotopic (exact) mass is 852 g/mol. The SMILES string of the molecule is C=C(C[C@H]1O[C@]23OC[C@]4([C@H](CC[C@@H]5[C@@]6(C)CC[C@H](O[C@@H]7O[C@H](CO)[C@@H](O)[C@H](O)[C@H]7O[C@@H]7O[C@@H](C)[C@H](O)[C@@H](O)[C@H]7O)C(C)(C)[C@H]6CC[C@]54C)[C@H]2[C@@]1(C)O)[C@H]3OC(C)=O)C(C)C. The molecule has 4 aliphatic carbocycles. The van der Waals surface area contributed by atoms with E-state index < -0.39 is 120 Å². The largest absolute Gasteiger partial charge is 0.456 e. The molecule has 0 aromatic heterocycles. The maximum Gasteiger partial charge on any atom is 0.303 e. The highest BCUT2D eigenvalue weighted by molar-refractivity contribution is 5.66. The molecule has 8 rings (SSSR count). The summed E-state index contributed by atoms with van der Waals surface area (Å²) in [6.07, 6.45) is -10.4. The van der Waals surface area contributed by atoms with Crippen LogP contribution in [0.4, 0.5) is 0 Å². The van der Waals surface area contributed by atoms with Crippen LogP contribution in [0.2, 0.25) is 0 Å². The van der Waals surface area contributed by atoms with Crippen molar-refractivity contribution >= 4 is 5.97 Å². The van der Waals surface area contributed by atoms with Gasteiger partial charge in [-0.1, -0.05) is 53.7 Å². The second-order valence-corrected chi connectivity index (χ2v) is 21.6. The Bertz CT molecular complexity index is 1650. The summed E-state index contributed by atoms with van der Waals surface area (Å²) in [5, 5.41) is 76.4. The summed E-state index contributed by atoms with van der Waals surface area (Å²) in [4.78, 5) is 13.1. The van der Waals surface area contributed by atoms with Gasteiger partial charge in [0.15, 0.2) is 18.7 Å². The van der Waals surface area contributed by atoms with Gasteiger partial charge in [0, 0.05) is 12.3 Å². The number of aliphatic hydroxyl groups is 7. The van der Waals surface area contributed by atoms with Gasteiger partial charge >= 0.3 is 5.97 Å². The number of ether oxygens (including phenoxy) is 7. The number of carbonyl (C=O) groups excluding carboxylic acids is 1. The zero-order valence-corrected chi connectivity index (χ0v) is 36.9. The highest BCUT2D eigenvalue weighted by Gasteiger charge is 2.88. The topological polar surface area (TPSA) is 223 Å². The minimum absolute atomic E-state index is 0.00217. The summed E-state index contributed by atoms with van der Waals surface area (Å²) >= 11 is 0. The predicted molar refractivity (Wildman–Crippen MR) is 212 cm³/mol. The van der Waals surface area contributed by atoms with Crippen molar-refractivity contribution in [2.45, 2.75) is 198 Å². The van der Waals surface area contributed by atoms with E-state index in [-0.39, 0.29) is 34.5 Å². The van der Waals surface area contributed by atoms with Gasteiger partial charge in [-0.15, -0.1) is 0 Å². The maximum atomic E-state index is 13.1. The van der Waals surface area contributed by atoms with Crippen molar-refractivity contribution in [2.24, 2.45) is 51.2 Å². The van der Waals surface area contributed by atoms with Crippen LogP contribution in [0.25, 0.3) is 0 Å². The fraction of sp³-hybridized carbons (Fsp3) is 0.933. The molecule has 60 heavy (non-hydrogen) atoms. The molecule has 0 aromatic carbocycles. The zero-order valence-electron chi connectivity index (χ0n) is 36.9. The number of aliphatic hydroxyl groups excluding tert-OH is 6. The third-order valence-electron chi connectivity index (χ3n) is 18.1. The molecule has 8 aliphatic rings. The Labute approximate surface area is 354 Å². The number of hydrogen-bond acceptors (Lipinski definition) is 15. The predicted octanol–water partition coefficient (Wildman–Crippen LogP) is 2.32. The van der Waals surface area contributed by atoms with Gasteiger partial charge in [0.05, 0.1) is 43.0 Å². The fourth-order valence-electron chi connectivity index (χ4n) is 14.9. The van der Waals surface area contributed by atoms with E-state index in [4.69, 9.17) is 33.2 Å². The number of hydrogen-bond donors (Lipinski definition) is 7. The molecule has 0 aromatic rings. The molecule has 8 fully saturated rings. The summed E-state index contributed by atoms with van der Waals surface area (Å²) in [7, 11) is 0. The van der Waals surface area contributed by atoms with E-state index in [1.54, 1.807) is 0 Å². The van der Waals surface area contributed by atoms with E-state index in [0.29, 0.717) is 19.4 Å². The van der Waals surface area contributed by atoms with Crippen LogP contribution in [0.3, 0.4) is 0 Å². The van der Waals surface area contributed by atoms with Gasteiger partial charge in [-0.25, -0.2) is 0 Å². The summed E-state index contributed by atoms with van der Waals surface area (Å²) in [5.74, 6) is -1.49. The molecule has 15 heteroatoms. The van der Waals surface area contributed by atoms with Crippen molar-refractivity contribution in [3.05, 3.63) is 12.2 Å². The van der Waals surface area contributed by atoms with Crippen molar-refractivity contribution in [1.29, 1.82) is 0 Å². The maximum absolute atomic E-state index is 13.1. The molecule has 0 radical (unpaired) electrons. The lowest BCUT2D eigenvalue weighted by Gasteiger charge is -2.70. The summed E-state index contributed by atoms with van der Waals surface area (Å²) in [5.41, 5.74) is -1.84. The summed E-state index contributed by atoms with van der Waals surface area (Å²) in [6, 6.07) is 0. The lowest BCUT2D eigenvalue weighted by molar-refractivity contribution is -0.376. The number of rotatable bonds is 9. The second kappa shape index (κ2) is 15.1. The molecule has 342 valence electrons. The minimum Gasteiger partial charge on any atom is -0.456 e. The molecule has 2 spiro atoms. The molecule has 15 nitrogen and oxygen atoms in total. The highest BCUT2D eigenvalue weighted by Crippen LogP contribution is 2.81. The molecule has 7 N–H and O–H groups in total. The van der Waals surface area contributed by atoms with Gasteiger partial charge in [-0.3, -0.25) is 4.79 Å². The molecule has 22 atom stereocenters. The van der Waals surface area contributed by atoms with Gasteiger partial charge in [0.25, 0.3) is 0 Å². The van der Waals surface area contributed by atoms with Crippen LogP contribution < -0.4 is 0 Å². The van der Waals surface area contributed by atoms with Crippen LogP contribution in [0.5, 0.6) is 0 Å². The van der Waals surface area contributed by atoms with Crippen LogP contribution in [-0.4, -0.2) is 146 Å². The molecule has 4 heterocycles. The van der Waals surface area contributed by atoms with Gasteiger partial charge in [0.1, 0.15) is 42.7 Å². The molecule has 0 unspecified atom stereocenters. The normalized spacial score (nSPS) is 55.5. The van der Waals surface area contributed by atoms with E-state index in [9.17, 15) is 40.5 Å². The average molecular weight is 853 g/mol. The Morgan fingerprint density at radius 2 is 1.55 bits per heavy atom. The van der Waals surface area contributed by atoms with E-state index in [0.717, 1.165) is 37.7 Å². The second-order valence-electron chi connectivity index (χ2n) is 21.6. The smallest absolute Gasteiger partial charge is 0.303 e. The molecule has 4 aliphatic heterocycles. The molecule has 0 amide bonds. The zero-order chi connectivity index (χ0) is 43.9. The van der Waals surface area contributed by atoms with E-state index in [1.807, 2.05) is 6.92 Å². The molecule has 4 saturated heterocycles. The van der Waals surface area contributed by atoms with Gasteiger partial charge in [-0.05, 0) is 98.7 Å². The summed E-state index contributed by atoms with van der Waals surface area (Å²) in [6.45, 7) is 22.2. The van der Waals surface area contributed by atoms with Crippen LogP contribution in [0, 0.1) is 51.2 Å². The van der Waals surface area contributed by atoms with Crippen molar-refractivity contribution in [2.75, 3.05) is 13.2 Å². The van der Waals surface area contributed by atoms with Crippen LogP contribution in [0.15, 0.2) is 12.2 Å². The van der Waals surface area contributed by atoms with E-state index in [2.05, 4.69) is 48.1 Å². The van der Waals surface area contributed by atoms with Gasteiger partial charge in [0.2, 0.25) is 5.79 Å². The minimum atomic E-state index is -1.67. The quantitative estimate of drug-likeness (QED) is 0.101. The van der Waals surface area contributed by atoms with Crippen molar-refractivity contribution in [3.63, 3.8) is 0 Å². The Kier molecular flexibility index (Phi) is 11.4. The highest BCUT2D eigenvalue weighted by atomic mass is 16.8. The first kappa shape index (κ1) is 45.3. The Morgan fingerprint density at radius 3 is 2.20 bits per heavy atom. The molecule has 2 bridgehead atoms. The van der Waals surface area contributed by atoms with Crippen LogP contribution in [0.1, 0.15) is 107 Å². The summed E-state index contributed by atoms with van der Waals surface area (Å²) < 4.78 is 44.9. The molecular weight excluding hydrogens is 780 g/mol. The van der Waals surface area contributed by atoms with Crippen molar-refractivity contribution < 1.29 is 73.7 Å². The fourth-order valence-corrected chi connectivity index (χ4v) is 14.9. The molecular formula is C45H72O15. The Balaban J connectivity index is 1.07. The third kappa shape index (κ3) is 6.18. The van der Waals surface area contributed by atoms with Crippen LogP contribution >= 0.6 is 0 Å². The Morgan fingerprint density at radius 1 is 0.850 bits per heavy atom. The van der Waals surface area contributed by atoms with Crippen molar-refractivity contribution in [1.82, 2.24) is 0 Å². The van der Waals surface area contributed by atoms with Crippen molar-refractivity contribution in [3.8, 4) is 0 Å². The first-order valence-electron chi connectivity index (χ1n) is 22.5. The number of esters is 1. The van der Waals surface area contributed by atoms with E-state index >= 15 is 0 Å². The lowest BCUT2D eigenvalue weighted by atomic mass is 9.35. The number of carbonyl (C=O) groups is 1. The first-order valence-corrected chi connectivity index (χ1v) is 22.5. The first-order chi connectivity index (χ1) is 27.9. The standard InChI is InChI=1S/C45H72O15/c1-20(2)21(3)17-29-43(10,53)36-24-11-12-27-41(8)15-14-28(40(6,7)26(41)13-16-42(27,9)44(24)19-54-45(36,60-29)39(44)56-23(5)47)58-38-35(33(51)31(49)25(18-46)57-38)59-37-34(52)32(50)30(48)22(4)55-37/h20,22,24-39,46,48-53H,3,11-19H2,1-2,4-10H3/t22-,24+,25+,26+,27+,28-,29+,30-,31+,32+,33-,34+,35+,36-,37-,38-,39+,41-,42+,43-,44-,45+/m0/s1. The lowest BCUT2D eigenvalue weighted by Crippen LogP contribution is -2.68. The Hall–Kier alpha value is -1.31. The van der Waals surface area contributed by atoms with E-state index in [1.165, 1.54) is 13.8 Å². The van der Waals surface area contributed by atoms with Gasteiger partial charge in [-0.2, -0.15) is 0 Å². The van der Waals surface area contributed by atoms with Crippen LogP contribution in [-0.2, 0) is 38.0 Å². The number of fused-ring (bicyclic) bond motifs is 4. The average Bonchev–Trinajstić information content (AvgIpc) is 3.70. The third-order valence-corrected chi connectivity index (χ3v) is 18.1. The molecule has 4 saturated carbocycles.